The van der Waals surface area contributed by atoms with Gasteiger partial charge in [0.15, 0.2) is 5.13 Å². The molecule has 182 valence electrons. The fourth-order valence-corrected chi connectivity index (χ4v) is 7.03. The molecule has 1 fully saturated rings. The number of furan rings is 1. The third kappa shape index (κ3) is 4.66. The van der Waals surface area contributed by atoms with Gasteiger partial charge in [-0.1, -0.05) is 22.9 Å². The third-order valence-corrected chi connectivity index (χ3v) is 9.08. The molecule has 0 aliphatic carbocycles. The number of aromatic nitrogens is 1. The highest BCUT2D eigenvalue weighted by Crippen LogP contribution is 2.34. The van der Waals surface area contributed by atoms with Gasteiger partial charge in [0, 0.05) is 11.6 Å². The number of carbonyl (C=O) groups is 1. The number of nitrogens with zero attached hydrogens (tertiary/aromatic N) is 3. The Labute approximate surface area is 211 Å². The molecular weight excluding hydrogens is 510 g/mol. The normalized spacial score (nSPS) is 16.6. The second kappa shape index (κ2) is 9.62. The molecule has 3 heterocycles. The lowest BCUT2D eigenvalue weighted by Crippen LogP contribution is -2.47. The van der Waals surface area contributed by atoms with Crippen molar-refractivity contribution in [1.29, 1.82) is 0 Å². The molecule has 5 rings (SSSR count). The van der Waals surface area contributed by atoms with Gasteiger partial charge in [0.25, 0.3) is 0 Å². The Morgan fingerprint density at radius 3 is 2.77 bits per heavy atom. The number of rotatable bonds is 7. The summed E-state index contributed by atoms with van der Waals surface area (Å²) in [5.41, 5.74) is 0.709. The van der Waals surface area contributed by atoms with Crippen molar-refractivity contribution < 1.29 is 22.4 Å². The number of fused-ring (bicyclic) bond motifs is 1. The summed E-state index contributed by atoms with van der Waals surface area (Å²) in [4.78, 5) is 20.2. The molecule has 0 bridgehead atoms. The zero-order valence-corrected chi connectivity index (χ0v) is 21.1. The molecule has 0 spiro atoms. The third-order valence-electron chi connectivity index (χ3n) is 5.88. The number of anilines is 1. The van der Waals surface area contributed by atoms with Gasteiger partial charge in [0.05, 0.1) is 35.0 Å². The minimum absolute atomic E-state index is 0.116. The van der Waals surface area contributed by atoms with Gasteiger partial charge >= 0.3 is 0 Å². The van der Waals surface area contributed by atoms with E-state index in [0.717, 1.165) is 4.70 Å². The highest BCUT2D eigenvalue weighted by molar-refractivity contribution is 7.89. The predicted molar refractivity (Wildman–Crippen MR) is 134 cm³/mol. The smallest absolute Gasteiger partial charge is 0.247 e. The lowest BCUT2D eigenvalue weighted by Gasteiger charge is -2.28. The first-order valence-corrected chi connectivity index (χ1v) is 13.6. The van der Waals surface area contributed by atoms with Crippen LogP contribution in [0.15, 0.2) is 70.2 Å². The number of methoxy groups -OCH3 is 1. The standard InChI is InChI=1S/C24H22ClN3O5S2/c1-32-17-7-9-19(10-8-17)35(30,31)28-12-2-5-21(28)23(29)27(15-18-4-3-13-33-18)24-26-20-11-6-16(25)14-22(20)34-24/h3-4,6-11,13-14,21H,2,5,12,15H2,1H3. The van der Waals surface area contributed by atoms with Crippen LogP contribution in [-0.4, -0.2) is 43.3 Å². The van der Waals surface area contributed by atoms with Crippen molar-refractivity contribution in [3.05, 3.63) is 71.6 Å². The van der Waals surface area contributed by atoms with E-state index in [-0.39, 0.29) is 23.9 Å². The van der Waals surface area contributed by atoms with Gasteiger partial charge in [-0.25, -0.2) is 13.4 Å². The minimum Gasteiger partial charge on any atom is -0.497 e. The summed E-state index contributed by atoms with van der Waals surface area (Å²) in [5.74, 6) is 0.776. The number of carbonyl (C=O) groups excluding carboxylic acids is 1. The summed E-state index contributed by atoms with van der Waals surface area (Å²) < 4.78 is 39.7. The molecule has 35 heavy (non-hydrogen) atoms. The van der Waals surface area contributed by atoms with Crippen molar-refractivity contribution in [3.8, 4) is 5.75 Å². The van der Waals surface area contributed by atoms with E-state index in [1.807, 2.05) is 0 Å². The number of hydrogen-bond donors (Lipinski definition) is 0. The molecular formula is C24H22ClN3O5S2. The van der Waals surface area contributed by atoms with E-state index in [4.69, 9.17) is 20.8 Å². The summed E-state index contributed by atoms with van der Waals surface area (Å²) in [6.45, 7) is 0.390. The number of halogens is 1. The number of benzene rings is 2. The average Bonchev–Trinajstić information content (AvgIpc) is 3.62. The molecule has 4 aromatic rings. The zero-order valence-electron chi connectivity index (χ0n) is 18.8. The second-order valence-electron chi connectivity index (χ2n) is 8.06. The van der Waals surface area contributed by atoms with Crippen molar-refractivity contribution in [2.24, 2.45) is 0 Å². The fourth-order valence-electron chi connectivity index (χ4n) is 4.14. The zero-order chi connectivity index (χ0) is 24.6. The number of thiazole rings is 1. The Balaban J connectivity index is 1.50. The molecule has 0 radical (unpaired) electrons. The van der Waals surface area contributed by atoms with E-state index in [1.165, 1.54) is 46.0 Å². The minimum atomic E-state index is -3.89. The van der Waals surface area contributed by atoms with Crippen LogP contribution in [0.25, 0.3) is 10.2 Å². The molecule has 1 atom stereocenters. The van der Waals surface area contributed by atoms with Crippen molar-refractivity contribution in [2.45, 2.75) is 30.3 Å². The first-order chi connectivity index (χ1) is 16.9. The molecule has 1 saturated heterocycles. The van der Waals surface area contributed by atoms with E-state index >= 15 is 0 Å². The van der Waals surface area contributed by atoms with Gasteiger partial charge in [-0.05, 0) is 67.4 Å². The van der Waals surface area contributed by atoms with Crippen LogP contribution in [0, 0.1) is 0 Å². The SMILES string of the molecule is COc1ccc(S(=O)(=O)N2CCCC2C(=O)N(Cc2ccco2)c2nc3ccc(Cl)cc3s2)cc1. The molecule has 2 aromatic heterocycles. The van der Waals surface area contributed by atoms with Gasteiger partial charge in [-0.3, -0.25) is 9.69 Å². The average molecular weight is 532 g/mol. The largest absolute Gasteiger partial charge is 0.497 e. The maximum Gasteiger partial charge on any atom is 0.247 e. The summed E-state index contributed by atoms with van der Waals surface area (Å²) in [5, 5.41) is 1.03. The maximum atomic E-state index is 13.9. The maximum absolute atomic E-state index is 13.9. The van der Waals surface area contributed by atoms with Gasteiger partial charge in [-0.15, -0.1) is 0 Å². The van der Waals surface area contributed by atoms with E-state index < -0.39 is 16.1 Å². The van der Waals surface area contributed by atoms with Crippen LogP contribution in [-0.2, 0) is 21.4 Å². The van der Waals surface area contributed by atoms with Gasteiger partial charge in [0.1, 0.15) is 17.6 Å². The Morgan fingerprint density at radius 1 is 1.26 bits per heavy atom. The Bertz CT molecular complexity index is 1450. The van der Waals surface area contributed by atoms with Gasteiger partial charge in [-0.2, -0.15) is 4.31 Å². The number of sulfonamides is 1. The van der Waals surface area contributed by atoms with E-state index in [2.05, 4.69) is 4.98 Å². The van der Waals surface area contributed by atoms with Crippen LogP contribution in [0.1, 0.15) is 18.6 Å². The van der Waals surface area contributed by atoms with Crippen LogP contribution in [0.5, 0.6) is 5.75 Å². The van der Waals surface area contributed by atoms with Crippen LogP contribution in [0.4, 0.5) is 5.13 Å². The predicted octanol–water partition coefficient (Wildman–Crippen LogP) is 4.94. The van der Waals surface area contributed by atoms with Gasteiger partial charge < -0.3 is 9.15 Å². The molecule has 8 nitrogen and oxygen atoms in total. The summed E-state index contributed by atoms with van der Waals surface area (Å²) >= 11 is 7.46. The molecule has 1 aliphatic heterocycles. The quantitative estimate of drug-likeness (QED) is 0.335. The van der Waals surface area contributed by atoms with Crippen molar-refractivity contribution in [2.75, 3.05) is 18.6 Å². The molecule has 11 heteroatoms. The number of amides is 1. The Kier molecular flexibility index (Phi) is 6.54. The van der Waals surface area contributed by atoms with E-state index in [1.54, 1.807) is 42.5 Å². The lowest BCUT2D eigenvalue weighted by atomic mass is 10.2. The highest BCUT2D eigenvalue weighted by Gasteiger charge is 2.42. The molecule has 1 unspecified atom stereocenters. The molecule has 1 aliphatic rings. The Hall–Kier alpha value is -2.92. The van der Waals surface area contributed by atoms with Crippen molar-refractivity contribution in [1.82, 2.24) is 9.29 Å². The highest BCUT2D eigenvalue weighted by atomic mass is 35.5. The molecule has 1 amide bonds. The lowest BCUT2D eigenvalue weighted by molar-refractivity contribution is -0.121. The first-order valence-electron chi connectivity index (χ1n) is 10.9. The first kappa shape index (κ1) is 23.8. The summed E-state index contributed by atoms with van der Waals surface area (Å²) in [6.07, 6.45) is 2.53. The topological polar surface area (TPSA) is 93.0 Å². The number of ether oxygens (including phenoxy) is 1. The van der Waals surface area contributed by atoms with Crippen molar-refractivity contribution >= 4 is 54.2 Å². The molecule has 0 N–H and O–H groups in total. The van der Waals surface area contributed by atoms with Crippen LogP contribution >= 0.6 is 22.9 Å². The van der Waals surface area contributed by atoms with E-state index in [0.29, 0.717) is 40.0 Å². The summed E-state index contributed by atoms with van der Waals surface area (Å²) in [7, 11) is -2.38. The second-order valence-corrected chi connectivity index (χ2v) is 11.4. The van der Waals surface area contributed by atoms with Gasteiger partial charge in [0.2, 0.25) is 15.9 Å². The van der Waals surface area contributed by atoms with Crippen LogP contribution in [0.2, 0.25) is 5.02 Å². The van der Waals surface area contributed by atoms with Crippen molar-refractivity contribution in [3.63, 3.8) is 0 Å². The summed E-state index contributed by atoms with van der Waals surface area (Å²) in [6, 6.07) is 14.2. The fraction of sp³-hybridized carbons (Fsp3) is 0.250. The van der Waals surface area contributed by atoms with Crippen LogP contribution < -0.4 is 9.64 Å². The number of hydrogen-bond acceptors (Lipinski definition) is 7. The van der Waals surface area contributed by atoms with Crippen LogP contribution in [0.3, 0.4) is 0 Å². The monoisotopic (exact) mass is 531 g/mol. The molecule has 0 saturated carbocycles. The van der Waals surface area contributed by atoms with E-state index in [9.17, 15) is 13.2 Å². The Morgan fingerprint density at radius 2 is 2.06 bits per heavy atom. The molecule has 2 aromatic carbocycles.